The van der Waals surface area contributed by atoms with Crippen LogP contribution in [0, 0.1) is 5.41 Å². The molecule has 2 aromatic heterocycles. The van der Waals surface area contributed by atoms with E-state index in [1.807, 2.05) is 0 Å². The van der Waals surface area contributed by atoms with Gasteiger partial charge in [0.25, 0.3) is 0 Å². The topological polar surface area (TPSA) is 401 Å². The van der Waals surface area contributed by atoms with Crippen molar-refractivity contribution in [2.24, 2.45) is 5.41 Å². The Morgan fingerprint density at radius 2 is 1.73 bits per heavy atom. The summed E-state index contributed by atoms with van der Waals surface area (Å²) in [6.45, 7) is 3.16. The molecule has 2 unspecified atom stereocenters. The van der Waals surface area contributed by atoms with E-state index in [2.05, 4.69) is 41.0 Å². The van der Waals surface area contributed by atoms with E-state index in [9.17, 15) is 62.7 Å². The maximum absolute atomic E-state index is 12.6. The van der Waals surface area contributed by atoms with Gasteiger partial charge in [-0.25, -0.2) is 33.4 Å². The standard InChI is InChI=1S/C25H38N7O19P3S/c1-12(23(37)38)24(39)55-7-6-27-14(33)4-5-28-21(36)18(35)25(2,3)9-48-54(45,46)51-53(43,44)47-8-13-17(50-52(40,41)42)16(34)22(49-13)32-11-31-15-19(26)29-10-30-20(15)32/h10-11,13,16-18,22,34-35H,1,4-9H2,2-3H3,(H,27,33)(H,28,36)(H,37,38)(H,43,44)(H,45,46)(H2,26,29,30)(H2,40,41,42)/t13-,16-,17-,18+,22-/m1/s1. The molecule has 3 heterocycles. The van der Waals surface area contributed by atoms with E-state index in [4.69, 9.17) is 24.6 Å². The lowest BCUT2D eigenvalue weighted by Gasteiger charge is -2.30. The number of hydrogen-bond donors (Lipinski definition) is 10. The Morgan fingerprint density at radius 3 is 2.36 bits per heavy atom. The first-order chi connectivity index (χ1) is 25.3. The highest BCUT2D eigenvalue weighted by atomic mass is 32.2. The third-order valence-electron chi connectivity index (χ3n) is 7.24. The molecule has 0 spiro atoms. The number of phosphoric acid groups is 3. The fourth-order valence-corrected chi connectivity index (χ4v) is 7.93. The first kappa shape index (κ1) is 46.2. The highest BCUT2D eigenvalue weighted by Gasteiger charge is 2.50. The fraction of sp³-hybridized carbons (Fsp3) is 0.560. The first-order valence-electron chi connectivity index (χ1n) is 15.3. The summed E-state index contributed by atoms with van der Waals surface area (Å²) < 4.78 is 61.8. The number of carbonyl (C=O) groups is 4. The number of phosphoric ester groups is 3. The number of nitrogens with zero attached hydrogens (tertiary/aromatic N) is 4. The number of aliphatic hydroxyl groups is 2. The van der Waals surface area contributed by atoms with Gasteiger partial charge in [-0.05, 0) is 0 Å². The molecule has 26 nitrogen and oxygen atoms in total. The lowest BCUT2D eigenvalue weighted by molar-refractivity contribution is -0.137. The molecule has 1 saturated heterocycles. The van der Waals surface area contributed by atoms with E-state index in [0.29, 0.717) is 11.8 Å². The van der Waals surface area contributed by atoms with Gasteiger partial charge in [0, 0.05) is 30.7 Å². The predicted molar refractivity (Wildman–Crippen MR) is 184 cm³/mol. The van der Waals surface area contributed by atoms with Gasteiger partial charge in [0.1, 0.15) is 41.8 Å². The van der Waals surface area contributed by atoms with Crippen LogP contribution in [0.3, 0.4) is 0 Å². The minimum Gasteiger partial charge on any atom is -0.478 e. The highest BCUT2D eigenvalue weighted by molar-refractivity contribution is 8.14. The molecular formula is C25H38N7O19P3S. The van der Waals surface area contributed by atoms with Crippen LogP contribution >= 0.6 is 35.2 Å². The summed E-state index contributed by atoms with van der Waals surface area (Å²) in [5.41, 5.74) is 3.55. The van der Waals surface area contributed by atoms with Crippen molar-refractivity contribution < 1.29 is 90.4 Å². The number of rotatable bonds is 21. The number of fused-ring (bicyclic) bond motifs is 1. The number of imidazole rings is 1. The van der Waals surface area contributed by atoms with Crippen molar-refractivity contribution in [2.45, 2.75) is 50.9 Å². The Morgan fingerprint density at radius 1 is 1.07 bits per heavy atom. The number of carboxylic acids is 1. The largest absolute Gasteiger partial charge is 0.481 e. The molecular weight excluding hydrogens is 827 g/mol. The summed E-state index contributed by atoms with van der Waals surface area (Å²) >= 11 is 0.626. The summed E-state index contributed by atoms with van der Waals surface area (Å²) in [7, 11) is -16.5. The summed E-state index contributed by atoms with van der Waals surface area (Å²) in [6, 6.07) is 0. The molecule has 2 amide bonds. The zero-order valence-electron chi connectivity index (χ0n) is 28.6. The van der Waals surface area contributed by atoms with Crippen molar-refractivity contribution in [2.75, 3.05) is 37.8 Å². The normalized spacial score (nSPS) is 21.7. The Labute approximate surface area is 314 Å². The van der Waals surface area contributed by atoms with Gasteiger partial charge in [0.2, 0.25) is 16.9 Å². The molecule has 11 N–H and O–H groups in total. The van der Waals surface area contributed by atoms with Crippen LogP contribution in [0.25, 0.3) is 11.2 Å². The van der Waals surface area contributed by atoms with Crippen molar-refractivity contribution in [1.29, 1.82) is 0 Å². The number of nitrogens with two attached hydrogens (primary N) is 1. The van der Waals surface area contributed by atoms with E-state index in [1.54, 1.807) is 0 Å². The third-order valence-corrected chi connectivity index (χ3v) is 11.3. The van der Waals surface area contributed by atoms with Gasteiger partial charge >= 0.3 is 29.4 Å². The molecule has 1 fully saturated rings. The molecule has 308 valence electrons. The molecule has 0 aliphatic carbocycles. The number of nitrogen functional groups attached to an aromatic ring is 1. The number of hydrogen-bond acceptors (Lipinski definition) is 19. The molecule has 0 saturated carbocycles. The van der Waals surface area contributed by atoms with E-state index in [0.717, 1.165) is 17.2 Å². The smallest absolute Gasteiger partial charge is 0.478 e. The number of amides is 2. The molecule has 7 atom stereocenters. The average Bonchev–Trinajstić information content (AvgIpc) is 3.64. The minimum atomic E-state index is -5.59. The van der Waals surface area contributed by atoms with E-state index < -0.39 is 101 Å². The number of anilines is 1. The summed E-state index contributed by atoms with van der Waals surface area (Å²) in [5.74, 6) is -3.09. The second kappa shape index (κ2) is 18.8. The lowest BCUT2D eigenvalue weighted by Crippen LogP contribution is -2.46. The van der Waals surface area contributed by atoms with Gasteiger partial charge in [-0.1, -0.05) is 32.2 Å². The molecule has 3 rings (SSSR count). The number of carbonyl (C=O) groups excluding carboxylic acids is 3. The summed E-state index contributed by atoms with van der Waals surface area (Å²) in [4.78, 5) is 97.5. The van der Waals surface area contributed by atoms with Gasteiger partial charge < -0.3 is 56.0 Å². The first-order valence-corrected chi connectivity index (χ1v) is 20.8. The van der Waals surface area contributed by atoms with Crippen LogP contribution in [-0.4, -0.2) is 134 Å². The molecule has 0 radical (unpaired) electrons. The second-order valence-electron chi connectivity index (χ2n) is 12.0. The number of carboxylic acid groups (broad SMARTS) is 1. The number of aromatic nitrogens is 4. The maximum atomic E-state index is 12.6. The maximum Gasteiger partial charge on any atom is 0.481 e. The molecule has 2 aromatic rings. The molecule has 0 aromatic carbocycles. The molecule has 55 heavy (non-hydrogen) atoms. The van der Waals surface area contributed by atoms with Crippen LogP contribution in [-0.2, 0) is 55.5 Å². The number of nitrogens with one attached hydrogen (secondary N) is 2. The summed E-state index contributed by atoms with van der Waals surface area (Å²) in [5, 5.41) is 34.0. The van der Waals surface area contributed by atoms with E-state index in [-0.39, 0.29) is 42.2 Å². The number of thioether (sulfide) groups is 1. The van der Waals surface area contributed by atoms with Crippen LogP contribution in [0.15, 0.2) is 24.8 Å². The van der Waals surface area contributed by atoms with Crippen LogP contribution in [0.2, 0.25) is 0 Å². The lowest BCUT2D eigenvalue weighted by atomic mass is 9.87. The van der Waals surface area contributed by atoms with Gasteiger partial charge in [-0.3, -0.25) is 32.5 Å². The van der Waals surface area contributed by atoms with Crippen molar-refractivity contribution in [3.05, 3.63) is 24.8 Å². The monoisotopic (exact) mass is 865 g/mol. The fourth-order valence-electron chi connectivity index (χ4n) is 4.45. The van der Waals surface area contributed by atoms with E-state index in [1.165, 1.54) is 13.8 Å². The van der Waals surface area contributed by atoms with Gasteiger partial charge in [0.05, 0.1) is 19.5 Å². The Balaban J connectivity index is 1.50. The molecule has 1 aliphatic heterocycles. The van der Waals surface area contributed by atoms with Gasteiger partial charge in [-0.15, -0.1) is 0 Å². The summed E-state index contributed by atoms with van der Waals surface area (Å²) in [6.07, 6.45) is -7.16. The average molecular weight is 866 g/mol. The van der Waals surface area contributed by atoms with Crippen molar-refractivity contribution >= 4 is 75.1 Å². The zero-order chi connectivity index (χ0) is 41.5. The molecule has 1 aliphatic rings. The quantitative estimate of drug-likeness (QED) is 0.0220. The second-order valence-corrected chi connectivity index (χ2v) is 17.3. The number of aliphatic hydroxyl groups excluding tert-OH is 2. The molecule has 30 heteroatoms. The van der Waals surface area contributed by atoms with Crippen LogP contribution in [0.5, 0.6) is 0 Å². The minimum absolute atomic E-state index is 0.0159. The predicted octanol–water partition coefficient (Wildman–Crippen LogP) is -1.69. The van der Waals surface area contributed by atoms with Crippen molar-refractivity contribution in [3.63, 3.8) is 0 Å². The Kier molecular flexibility index (Phi) is 15.8. The van der Waals surface area contributed by atoms with Crippen LogP contribution in [0.4, 0.5) is 5.82 Å². The van der Waals surface area contributed by atoms with Gasteiger partial charge in [0.15, 0.2) is 17.7 Å². The van der Waals surface area contributed by atoms with Crippen molar-refractivity contribution in [3.8, 4) is 0 Å². The number of ether oxygens (including phenoxy) is 1. The molecule has 0 bridgehead atoms. The third kappa shape index (κ3) is 13.4. The zero-order valence-corrected chi connectivity index (χ0v) is 32.1. The van der Waals surface area contributed by atoms with Crippen LogP contribution < -0.4 is 16.4 Å². The number of aliphatic carboxylic acids is 1. The van der Waals surface area contributed by atoms with E-state index >= 15 is 0 Å². The Bertz CT molecular complexity index is 1910. The Hall–Kier alpha value is -3.23. The van der Waals surface area contributed by atoms with Crippen molar-refractivity contribution in [1.82, 2.24) is 30.2 Å². The van der Waals surface area contributed by atoms with Crippen LogP contribution in [0.1, 0.15) is 26.5 Å². The highest BCUT2D eigenvalue weighted by Crippen LogP contribution is 2.61. The SMILES string of the molecule is C=C(C(=O)O)C(=O)SCCNC(=O)CCNC(=O)[C@H](O)C(C)(C)COP(=O)(O)OP(=O)(O)OC[C@H]1O[C@@H](n2cnc3c(N)ncnc32)[C@H](O)[C@@H]1OP(=O)(O)O. The van der Waals surface area contributed by atoms with Gasteiger partial charge in [-0.2, -0.15) is 4.31 Å².